The normalized spacial score (nSPS) is 11.3. The van der Waals surface area contributed by atoms with Crippen LogP contribution in [0.25, 0.3) is 0 Å². The van der Waals surface area contributed by atoms with Gasteiger partial charge in [-0.05, 0) is 12.1 Å². The van der Waals surface area contributed by atoms with Crippen molar-refractivity contribution in [3.63, 3.8) is 0 Å². The van der Waals surface area contributed by atoms with Gasteiger partial charge in [-0.3, -0.25) is 0 Å². The number of halogens is 2. The van der Waals surface area contributed by atoms with Gasteiger partial charge in [-0.15, -0.1) is 0 Å². The largest absolute Gasteiger partial charge is 0.493 e. The monoisotopic (exact) mass is 245 g/mol. The van der Waals surface area contributed by atoms with Crippen molar-refractivity contribution in [2.24, 2.45) is 0 Å². The van der Waals surface area contributed by atoms with E-state index in [0.717, 1.165) is 0 Å². The van der Waals surface area contributed by atoms with Crippen LogP contribution in [0.3, 0.4) is 0 Å². The van der Waals surface area contributed by atoms with E-state index in [2.05, 4.69) is 0 Å². The highest BCUT2D eigenvalue weighted by Gasteiger charge is 2.29. The fraction of sp³-hybridized carbons (Fsp3) is 0.500. The highest BCUT2D eigenvalue weighted by Crippen LogP contribution is 2.31. The molecule has 0 amide bonds. The molecule has 0 bridgehead atoms. The van der Waals surface area contributed by atoms with Gasteiger partial charge in [0.15, 0.2) is 18.1 Å². The first-order valence-electron chi connectivity index (χ1n) is 5.42. The number of nitrogens with two attached hydrogens (primary N) is 1. The SMILES string of the molecule is CCCC(F)(F)COc1cc(N)ccc1OC. The second kappa shape index (κ2) is 5.70. The maximum Gasteiger partial charge on any atom is 0.281 e. The van der Waals surface area contributed by atoms with E-state index in [4.69, 9.17) is 15.2 Å². The van der Waals surface area contributed by atoms with Crippen molar-refractivity contribution >= 4 is 5.69 Å². The third kappa shape index (κ3) is 4.09. The zero-order valence-electron chi connectivity index (χ0n) is 10.0. The first-order valence-corrected chi connectivity index (χ1v) is 5.42. The van der Waals surface area contributed by atoms with Crippen LogP contribution in [0.5, 0.6) is 11.5 Å². The van der Waals surface area contributed by atoms with Gasteiger partial charge in [0.25, 0.3) is 5.92 Å². The molecule has 0 aromatic heterocycles. The molecule has 0 atom stereocenters. The summed E-state index contributed by atoms with van der Waals surface area (Å²) in [4.78, 5) is 0. The van der Waals surface area contributed by atoms with Gasteiger partial charge in [0, 0.05) is 18.2 Å². The number of benzene rings is 1. The van der Waals surface area contributed by atoms with Crippen LogP contribution in [-0.4, -0.2) is 19.6 Å². The molecule has 1 aromatic rings. The van der Waals surface area contributed by atoms with Crippen LogP contribution in [0, 0.1) is 0 Å². The van der Waals surface area contributed by atoms with Crippen LogP contribution in [0.2, 0.25) is 0 Å². The van der Waals surface area contributed by atoms with E-state index in [1.165, 1.54) is 13.2 Å². The lowest BCUT2D eigenvalue weighted by molar-refractivity contribution is -0.0485. The van der Waals surface area contributed by atoms with E-state index >= 15 is 0 Å². The van der Waals surface area contributed by atoms with E-state index in [9.17, 15) is 8.78 Å². The molecule has 1 aromatic carbocycles. The Morgan fingerprint density at radius 2 is 2.00 bits per heavy atom. The van der Waals surface area contributed by atoms with Gasteiger partial charge >= 0.3 is 0 Å². The molecule has 0 fully saturated rings. The molecule has 0 heterocycles. The predicted molar refractivity (Wildman–Crippen MR) is 62.8 cm³/mol. The Labute approximate surface area is 99.5 Å². The minimum atomic E-state index is -2.83. The number of methoxy groups -OCH3 is 1. The number of nitrogen functional groups attached to an aromatic ring is 1. The molecule has 0 aliphatic carbocycles. The Morgan fingerprint density at radius 1 is 1.29 bits per heavy atom. The van der Waals surface area contributed by atoms with Gasteiger partial charge in [0.05, 0.1) is 7.11 Å². The molecule has 0 spiro atoms. The molecule has 5 heteroatoms. The summed E-state index contributed by atoms with van der Waals surface area (Å²) in [7, 11) is 1.45. The van der Waals surface area contributed by atoms with Crippen LogP contribution in [0.15, 0.2) is 18.2 Å². The quantitative estimate of drug-likeness (QED) is 0.783. The third-order valence-electron chi connectivity index (χ3n) is 2.24. The van der Waals surface area contributed by atoms with Crippen molar-refractivity contribution in [1.29, 1.82) is 0 Å². The van der Waals surface area contributed by atoms with E-state index in [1.54, 1.807) is 19.1 Å². The van der Waals surface area contributed by atoms with E-state index in [1.807, 2.05) is 0 Å². The van der Waals surface area contributed by atoms with Crippen molar-refractivity contribution in [2.45, 2.75) is 25.7 Å². The average molecular weight is 245 g/mol. The Hall–Kier alpha value is -1.52. The van der Waals surface area contributed by atoms with Gasteiger partial charge in [0.1, 0.15) is 0 Å². The number of rotatable bonds is 6. The zero-order valence-corrected chi connectivity index (χ0v) is 10.0. The maximum atomic E-state index is 13.2. The van der Waals surface area contributed by atoms with Crippen LogP contribution in [0.4, 0.5) is 14.5 Å². The van der Waals surface area contributed by atoms with Crippen LogP contribution >= 0.6 is 0 Å². The topological polar surface area (TPSA) is 44.5 Å². The molecule has 3 nitrogen and oxygen atoms in total. The van der Waals surface area contributed by atoms with Crippen LogP contribution in [0.1, 0.15) is 19.8 Å². The molecule has 0 saturated carbocycles. The first-order chi connectivity index (χ1) is 7.98. The Bertz CT molecular complexity index is 370. The fourth-order valence-electron chi connectivity index (χ4n) is 1.43. The Kier molecular flexibility index (Phi) is 4.54. The van der Waals surface area contributed by atoms with Gasteiger partial charge in [-0.1, -0.05) is 13.3 Å². The Balaban J connectivity index is 2.71. The highest BCUT2D eigenvalue weighted by molar-refractivity contribution is 5.51. The summed E-state index contributed by atoms with van der Waals surface area (Å²) < 4.78 is 36.6. The second-order valence-electron chi connectivity index (χ2n) is 3.80. The highest BCUT2D eigenvalue weighted by atomic mass is 19.3. The van der Waals surface area contributed by atoms with Crippen LogP contribution < -0.4 is 15.2 Å². The molecule has 0 radical (unpaired) electrons. The number of alkyl halides is 2. The zero-order chi connectivity index (χ0) is 12.9. The lowest BCUT2D eigenvalue weighted by atomic mass is 10.2. The van der Waals surface area contributed by atoms with Gasteiger partial charge in [0.2, 0.25) is 0 Å². The maximum absolute atomic E-state index is 13.2. The van der Waals surface area contributed by atoms with E-state index < -0.39 is 12.5 Å². The standard InChI is InChI=1S/C12H17F2NO2/c1-3-6-12(13,14)8-17-11-7-9(15)4-5-10(11)16-2/h4-5,7H,3,6,8,15H2,1-2H3. The molecule has 96 valence electrons. The lowest BCUT2D eigenvalue weighted by Gasteiger charge is -2.17. The van der Waals surface area contributed by atoms with Crippen molar-refractivity contribution < 1.29 is 18.3 Å². The molecule has 0 saturated heterocycles. The smallest absolute Gasteiger partial charge is 0.281 e. The van der Waals surface area contributed by atoms with E-state index in [-0.39, 0.29) is 12.2 Å². The minimum absolute atomic E-state index is 0.197. The second-order valence-corrected chi connectivity index (χ2v) is 3.80. The summed E-state index contributed by atoms with van der Waals surface area (Å²) in [6, 6.07) is 4.68. The summed E-state index contributed by atoms with van der Waals surface area (Å²) in [5.41, 5.74) is 6.00. The number of anilines is 1. The van der Waals surface area contributed by atoms with Crippen LogP contribution in [-0.2, 0) is 0 Å². The van der Waals surface area contributed by atoms with Gasteiger partial charge in [-0.25, -0.2) is 8.78 Å². The molecule has 1 rings (SSSR count). The lowest BCUT2D eigenvalue weighted by Crippen LogP contribution is -2.25. The van der Waals surface area contributed by atoms with Gasteiger partial charge < -0.3 is 15.2 Å². The number of hydrogen-bond donors (Lipinski definition) is 1. The average Bonchev–Trinajstić information content (AvgIpc) is 2.27. The van der Waals surface area contributed by atoms with Gasteiger partial charge in [-0.2, -0.15) is 0 Å². The molecular formula is C12H17F2NO2. The summed E-state index contributed by atoms with van der Waals surface area (Å²) >= 11 is 0. The molecule has 0 unspecified atom stereocenters. The molecule has 17 heavy (non-hydrogen) atoms. The molecule has 2 N–H and O–H groups in total. The summed E-state index contributed by atoms with van der Waals surface area (Å²) in [6.07, 6.45) is 0.210. The third-order valence-corrected chi connectivity index (χ3v) is 2.24. The number of hydrogen-bond acceptors (Lipinski definition) is 3. The van der Waals surface area contributed by atoms with Crippen molar-refractivity contribution in [2.75, 3.05) is 19.5 Å². The van der Waals surface area contributed by atoms with Crippen molar-refractivity contribution in [3.8, 4) is 11.5 Å². The number of ether oxygens (including phenoxy) is 2. The predicted octanol–water partition coefficient (Wildman–Crippen LogP) is 3.09. The van der Waals surface area contributed by atoms with E-state index in [0.29, 0.717) is 17.9 Å². The molecule has 0 aliphatic rings. The Morgan fingerprint density at radius 3 is 2.59 bits per heavy atom. The minimum Gasteiger partial charge on any atom is -0.493 e. The summed E-state index contributed by atoms with van der Waals surface area (Å²) in [6.45, 7) is 1.04. The fourth-order valence-corrected chi connectivity index (χ4v) is 1.43. The summed E-state index contributed by atoms with van der Waals surface area (Å²) in [5, 5.41) is 0. The van der Waals surface area contributed by atoms with Crippen molar-refractivity contribution in [3.05, 3.63) is 18.2 Å². The summed E-state index contributed by atoms with van der Waals surface area (Å²) in [5.74, 6) is -2.19. The van der Waals surface area contributed by atoms with Crippen molar-refractivity contribution in [1.82, 2.24) is 0 Å². The molecule has 0 aliphatic heterocycles. The molecular weight excluding hydrogens is 228 g/mol. The first kappa shape index (κ1) is 13.5.